The number of rotatable bonds is 2. The molecule has 96 valence electrons. The molecule has 0 spiro atoms. The predicted molar refractivity (Wildman–Crippen MR) is 66.0 cm³/mol. The van der Waals surface area contributed by atoms with E-state index in [-0.39, 0.29) is 5.22 Å². The Hall–Kier alpha value is -1.33. The van der Waals surface area contributed by atoms with Gasteiger partial charge in [-0.2, -0.15) is 4.98 Å². The highest BCUT2D eigenvalue weighted by Crippen LogP contribution is 2.35. The first-order valence-corrected chi connectivity index (χ1v) is 6.43. The van der Waals surface area contributed by atoms with Gasteiger partial charge in [-0.15, -0.1) is 0 Å². The fraction of sp³-hybridized carbons (Fsp3) is 0.500. The van der Waals surface area contributed by atoms with Gasteiger partial charge in [-0.1, -0.05) is 24.4 Å². The number of nitrogens with zero attached hydrogens (tertiary/aromatic N) is 2. The SMILES string of the molecule is NC1(c2noc(-c3ccoc3Cl)n2)CCCCC1. The molecule has 1 aliphatic carbocycles. The van der Waals surface area contributed by atoms with Crippen molar-refractivity contribution < 1.29 is 8.94 Å². The maximum absolute atomic E-state index is 6.34. The number of halogens is 1. The Morgan fingerprint density at radius 1 is 1.28 bits per heavy atom. The number of aromatic nitrogens is 2. The van der Waals surface area contributed by atoms with Crippen LogP contribution in [0.15, 0.2) is 21.3 Å². The minimum atomic E-state index is -0.462. The molecule has 18 heavy (non-hydrogen) atoms. The van der Waals surface area contributed by atoms with Crippen LogP contribution in [-0.2, 0) is 5.54 Å². The van der Waals surface area contributed by atoms with Gasteiger partial charge in [0.15, 0.2) is 5.82 Å². The molecule has 6 heteroatoms. The Morgan fingerprint density at radius 2 is 2.06 bits per heavy atom. The summed E-state index contributed by atoms with van der Waals surface area (Å²) in [5, 5.41) is 4.25. The lowest BCUT2D eigenvalue weighted by atomic mass is 9.82. The van der Waals surface area contributed by atoms with Crippen LogP contribution in [0.2, 0.25) is 5.22 Å². The van der Waals surface area contributed by atoms with E-state index in [0.717, 1.165) is 25.7 Å². The third-order valence-electron chi connectivity index (χ3n) is 3.47. The molecule has 0 saturated heterocycles. The van der Waals surface area contributed by atoms with Gasteiger partial charge < -0.3 is 14.7 Å². The van der Waals surface area contributed by atoms with Gasteiger partial charge in [0.2, 0.25) is 5.22 Å². The fourth-order valence-electron chi connectivity index (χ4n) is 2.39. The highest BCUT2D eigenvalue weighted by Gasteiger charge is 2.34. The molecule has 2 N–H and O–H groups in total. The summed E-state index contributed by atoms with van der Waals surface area (Å²) in [5.74, 6) is 0.925. The molecule has 3 rings (SSSR count). The summed E-state index contributed by atoms with van der Waals surface area (Å²) in [7, 11) is 0. The van der Waals surface area contributed by atoms with Crippen LogP contribution in [0.25, 0.3) is 11.5 Å². The number of hydrogen-bond acceptors (Lipinski definition) is 5. The van der Waals surface area contributed by atoms with Crippen molar-refractivity contribution in [2.45, 2.75) is 37.6 Å². The molecule has 2 aromatic rings. The van der Waals surface area contributed by atoms with E-state index in [1.807, 2.05) is 0 Å². The van der Waals surface area contributed by atoms with Crippen LogP contribution in [0.3, 0.4) is 0 Å². The van der Waals surface area contributed by atoms with Crippen LogP contribution in [0.4, 0.5) is 0 Å². The quantitative estimate of drug-likeness (QED) is 0.904. The topological polar surface area (TPSA) is 78.1 Å². The molecule has 0 radical (unpaired) electrons. The van der Waals surface area contributed by atoms with Crippen LogP contribution in [-0.4, -0.2) is 10.1 Å². The lowest BCUT2D eigenvalue weighted by Gasteiger charge is -2.29. The summed E-state index contributed by atoms with van der Waals surface area (Å²) < 4.78 is 10.2. The number of nitrogens with two attached hydrogens (primary N) is 1. The maximum Gasteiger partial charge on any atom is 0.262 e. The van der Waals surface area contributed by atoms with E-state index in [1.165, 1.54) is 12.7 Å². The summed E-state index contributed by atoms with van der Waals surface area (Å²) in [6.45, 7) is 0. The smallest absolute Gasteiger partial charge is 0.262 e. The van der Waals surface area contributed by atoms with Gasteiger partial charge in [-0.05, 0) is 30.5 Å². The second-order valence-corrected chi connectivity index (χ2v) is 5.09. The average Bonchev–Trinajstić information content (AvgIpc) is 2.98. The van der Waals surface area contributed by atoms with Crippen molar-refractivity contribution in [3.05, 3.63) is 23.4 Å². The second-order valence-electron chi connectivity index (χ2n) is 4.75. The van der Waals surface area contributed by atoms with Gasteiger partial charge in [0.25, 0.3) is 5.89 Å². The molecule has 0 bridgehead atoms. The van der Waals surface area contributed by atoms with Crippen molar-refractivity contribution in [1.82, 2.24) is 10.1 Å². The summed E-state index contributed by atoms with van der Waals surface area (Å²) in [6, 6.07) is 1.70. The van der Waals surface area contributed by atoms with Crippen molar-refractivity contribution in [1.29, 1.82) is 0 Å². The van der Waals surface area contributed by atoms with Gasteiger partial charge in [0.05, 0.1) is 17.4 Å². The molecule has 0 aliphatic heterocycles. The average molecular weight is 268 g/mol. The van der Waals surface area contributed by atoms with Gasteiger partial charge >= 0.3 is 0 Å². The lowest BCUT2D eigenvalue weighted by Crippen LogP contribution is -2.39. The Labute approximate surface area is 109 Å². The van der Waals surface area contributed by atoms with Crippen molar-refractivity contribution in [2.75, 3.05) is 0 Å². The van der Waals surface area contributed by atoms with Crippen LogP contribution >= 0.6 is 11.6 Å². The van der Waals surface area contributed by atoms with Gasteiger partial charge in [-0.25, -0.2) is 0 Å². The molecular formula is C12H14ClN3O2. The molecular weight excluding hydrogens is 254 g/mol. The van der Waals surface area contributed by atoms with Crippen LogP contribution < -0.4 is 5.73 Å². The van der Waals surface area contributed by atoms with Gasteiger partial charge in [0.1, 0.15) is 0 Å². The Balaban J connectivity index is 1.92. The Bertz CT molecular complexity index is 543. The molecule has 1 fully saturated rings. The van der Waals surface area contributed by atoms with Crippen molar-refractivity contribution in [2.24, 2.45) is 5.73 Å². The first-order chi connectivity index (χ1) is 8.69. The summed E-state index contributed by atoms with van der Waals surface area (Å²) in [5.41, 5.74) is 6.49. The highest BCUT2D eigenvalue weighted by molar-refractivity contribution is 6.31. The van der Waals surface area contributed by atoms with Gasteiger partial charge in [0, 0.05) is 0 Å². The molecule has 0 unspecified atom stereocenters. The Kier molecular flexibility index (Phi) is 2.87. The largest absolute Gasteiger partial charge is 0.452 e. The molecule has 1 aliphatic rings. The van der Waals surface area contributed by atoms with Crippen LogP contribution in [0.5, 0.6) is 0 Å². The van der Waals surface area contributed by atoms with Crippen molar-refractivity contribution in [3.8, 4) is 11.5 Å². The van der Waals surface area contributed by atoms with E-state index >= 15 is 0 Å². The zero-order valence-electron chi connectivity index (χ0n) is 9.86. The molecule has 0 atom stereocenters. The Morgan fingerprint density at radius 3 is 2.72 bits per heavy atom. The predicted octanol–water partition coefficient (Wildman–Crippen LogP) is 3.10. The molecule has 5 nitrogen and oxygen atoms in total. The second kappa shape index (κ2) is 4.40. The lowest BCUT2D eigenvalue weighted by molar-refractivity contribution is 0.275. The van der Waals surface area contributed by atoms with E-state index in [2.05, 4.69) is 10.1 Å². The number of hydrogen-bond donors (Lipinski definition) is 1. The maximum atomic E-state index is 6.34. The monoisotopic (exact) mass is 267 g/mol. The first kappa shape index (κ1) is 11.7. The molecule has 0 aromatic carbocycles. The molecule has 2 aromatic heterocycles. The molecule has 2 heterocycles. The van der Waals surface area contributed by atoms with E-state index in [1.54, 1.807) is 6.07 Å². The summed E-state index contributed by atoms with van der Waals surface area (Å²) >= 11 is 5.88. The minimum absolute atomic E-state index is 0.250. The van der Waals surface area contributed by atoms with Gasteiger partial charge in [-0.3, -0.25) is 0 Å². The van der Waals surface area contributed by atoms with Crippen molar-refractivity contribution in [3.63, 3.8) is 0 Å². The molecule has 1 saturated carbocycles. The summed E-state index contributed by atoms with van der Waals surface area (Å²) in [4.78, 5) is 4.36. The van der Waals surface area contributed by atoms with Crippen LogP contribution in [0, 0.1) is 0 Å². The fourth-order valence-corrected chi connectivity index (χ4v) is 2.58. The first-order valence-electron chi connectivity index (χ1n) is 6.05. The van der Waals surface area contributed by atoms with E-state index in [9.17, 15) is 0 Å². The zero-order valence-corrected chi connectivity index (χ0v) is 10.6. The highest BCUT2D eigenvalue weighted by atomic mass is 35.5. The standard InChI is InChI=1S/C12H14ClN3O2/c13-9-8(4-7-17-9)10-15-11(16-18-10)12(14)5-2-1-3-6-12/h4,7H,1-3,5-6,14H2. The van der Waals surface area contributed by atoms with Crippen LogP contribution in [0.1, 0.15) is 37.9 Å². The van der Waals surface area contributed by atoms with E-state index in [4.69, 9.17) is 26.3 Å². The zero-order chi connectivity index (χ0) is 12.6. The molecule has 0 amide bonds. The third kappa shape index (κ3) is 1.93. The summed E-state index contributed by atoms with van der Waals surface area (Å²) in [6.07, 6.45) is 6.70. The number of furan rings is 1. The van der Waals surface area contributed by atoms with E-state index < -0.39 is 5.54 Å². The van der Waals surface area contributed by atoms with Crippen molar-refractivity contribution >= 4 is 11.6 Å². The minimum Gasteiger partial charge on any atom is -0.452 e. The normalized spacial score (nSPS) is 19.0. The third-order valence-corrected chi connectivity index (χ3v) is 3.76. The van der Waals surface area contributed by atoms with E-state index in [0.29, 0.717) is 17.3 Å².